The lowest BCUT2D eigenvalue weighted by molar-refractivity contribution is 1.33. The van der Waals surface area contributed by atoms with Crippen molar-refractivity contribution in [2.24, 2.45) is 0 Å². The number of aromatic amines is 1. The van der Waals surface area contributed by atoms with E-state index in [1.165, 1.54) is 63.6 Å². The van der Waals surface area contributed by atoms with Gasteiger partial charge in [0.2, 0.25) is 0 Å². The van der Waals surface area contributed by atoms with Crippen LogP contribution in [0.3, 0.4) is 0 Å². The molecule has 0 radical (unpaired) electrons. The molecule has 7 aromatic rings. The van der Waals surface area contributed by atoms with Crippen molar-refractivity contribution in [3.63, 3.8) is 0 Å². The third kappa shape index (κ3) is 2.52. The summed E-state index contributed by atoms with van der Waals surface area (Å²) >= 11 is 0. The second kappa shape index (κ2) is 7.36. The summed E-state index contributed by atoms with van der Waals surface area (Å²) in [5.74, 6) is 0. The molecular weight excluding hydrogens is 454 g/mol. The third-order valence-corrected chi connectivity index (χ3v) is 11.3. The van der Waals surface area contributed by atoms with Crippen LogP contribution in [0.15, 0.2) is 141 Å². The Morgan fingerprint density at radius 2 is 1.11 bits per heavy atom. The van der Waals surface area contributed by atoms with Gasteiger partial charge < -0.3 is 4.98 Å². The molecule has 170 valence electrons. The predicted molar refractivity (Wildman–Crippen MR) is 155 cm³/mol. The molecule has 1 nitrogen and oxygen atoms in total. The fourth-order valence-electron chi connectivity index (χ4n) is 6.14. The quantitative estimate of drug-likeness (QED) is 0.255. The van der Waals surface area contributed by atoms with E-state index in [1.54, 1.807) is 0 Å². The minimum Gasteiger partial charge on any atom is -0.354 e. The minimum atomic E-state index is -1.59. The Labute approximate surface area is 211 Å². The van der Waals surface area contributed by atoms with Crippen molar-refractivity contribution in [2.75, 3.05) is 0 Å². The van der Waals surface area contributed by atoms with Crippen LogP contribution < -0.4 is 0 Å². The zero-order chi connectivity index (χ0) is 23.7. The lowest BCUT2D eigenvalue weighted by atomic mass is 9.97. The largest absolute Gasteiger partial charge is 0.354 e. The van der Waals surface area contributed by atoms with Crippen LogP contribution in [0.4, 0.5) is 0 Å². The summed E-state index contributed by atoms with van der Waals surface area (Å²) in [5.41, 5.74) is 3.79. The Balaban J connectivity index is 1.64. The number of hydrogen-bond acceptors (Lipinski definition) is 0. The molecule has 0 unspecified atom stereocenters. The molecule has 6 aromatic carbocycles. The Hall–Kier alpha value is -4.27. The van der Waals surface area contributed by atoms with Gasteiger partial charge >= 0.3 is 0 Å². The van der Waals surface area contributed by atoms with Crippen molar-refractivity contribution < 1.29 is 0 Å². The van der Waals surface area contributed by atoms with Crippen LogP contribution in [0.5, 0.6) is 0 Å². The fraction of sp³-hybridized carbons (Fsp3) is 0. The van der Waals surface area contributed by atoms with Gasteiger partial charge in [-0.05, 0) is 63.5 Å². The van der Waals surface area contributed by atoms with Crippen molar-refractivity contribution in [3.8, 4) is 0 Å². The van der Waals surface area contributed by atoms with E-state index in [2.05, 4.69) is 138 Å². The van der Waals surface area contributed by atoms with Gasteiger partial charge in [0.25, 0.3) is 0 Å². The van der Waals surface area contributed by atoms with Crippen molar-refractivity contribution in [1.82, 2.24) is 4.98 Å². The first kappa shape index (κ1) is 20.0. The maximum absolute atomic E-state index is 3.83. The molecule has 2 heteroatoms. The number of H-pyrrole nitrogens is 1. The number of hydrogen-bond donors (Lipinski definition) is 1. The smallest absolute Gasteiger partial charge is 0.0551 e. The summed E-state index contributed by atoms with van der Waals surface area (Å²) in [6.45, 7) is 0. The van der Waals surface area contributed by atoms with Gasteiger partial charge in [-0.1, -0.05) is 91.0 Å². The van der Waals surface area contributed by atoms with E-state index in [-0.39, 0.29) is 0 Å². The fourth-order valence-corrected chi connectivity index (χ4v) is 9.89. The first-order valence-electron chi connectivity index (χ1n) is 12.4. The van der Waals surface area contributed by atoms with Crippen LogP contribution in [0.1, 0.15) is 5.56 Å². The summed E-state index contributed by atoms with van der Waals surface area (Å²) in [5, 5.41) is 10.4. The normalized spacial score (nSPS) is 15.1. The number of fused-ring (bicyclic) bond motifs is 10. The van der Waals surface area contributed by atoms with Gasteiger partial charge in [-0.2, -0.15) is 0 Å². The molecule has 0 saturated heterocycles. The molecule has 1 aromatic heterocycles. The Kier molecular flexibility index (Phi) is 4.09. The van der Waals surface area contributed by atoms with Crippen LogP contribution in [0, 0.1) is 0 Å². The van der Waals surface area contributed by atoms with Crippen LogP contribution in [0.25, 0.3) is 49.4 Å². The molecule has 1 N–H and O–H groups in total. The van der Waals surface area contributed by atoms with E-state index in [1.807, 2.05) is 0 Å². The first-order valence-corrected chi connectivity index (χ1v) is 14.1. The van der Waals surface area contributed by atoms with Crippen LogP contribution >= 0.6 is 10.0 Å². The van der Waals surface area contributed by atoms with Crippen LogP contribution in [-0.2, 0) is 0 Å². The number of aromatic nitrogens is 1. The van der Waals surface area contributed by atoms with Gasteiger partial charge in [-0.3, -0.25) is 0 Å². The highest BCUT2D eigenvalue weighted by Crippen LogP contribution is 2.75. The van der Waals surface area contributed by atoms with Crippen LogP contribution in [0.2, 0.25) is 0 Å². The summed E-state index contributed by atoms with van der Waals surface area (Å²) in [4.78, 5) is 8.03. The minimum absolute atomic E-state index is 1.20. The summed E-state index contributed by atoms with van der Waals surface area (Å²) in [6.07, 6.45) is 2.41. The van der Waals surface area contributed by atoms with E-state index in [4.69, 9.17) is 0 Å². The highest BCUT2D eigenvalue weighted by Gasteiger charge is 2.37. The molecule has 36 heavy (non-hydrogen) atoms. The van der Waals surface area contributed by atoms with E-state index in [0.29, 0.717) is 0 Å². The lowest BCUT2D eigenvalue weighted by Gasteiger charge is -2.37. The maximum Gasteiger partial charge on any atom is 0.0551 e. The third-order valence-electron chi connectivity index (χ3n) is 7.63. The zero-order valence-corrected chi connectivity index (χ0v) is 20.4. The van der Waals surface area contributed by atoms with E-state index in [9.17, 15) is 0 Å². The zero-order valence-electron chi connectivity index (χ0n) is 19.6. The summed E-state index contributed by atoms with van der Waals surface area (Å²) < 4.78 is 0. The molecule has 0 bridgehead atoms. The molecule has 0 aliphatic carbocycles. The monoisotopic (exact) mass is 477 g/mol. The molecule has 0 saturated carbocycles. The van der Waals surface area contributed by atoms with Gasteiger partial charge in [-0.25, -0.2) is 0 Å². The summed E-state index contributed by atoms with van der Waals surface area (Å²) in [6, 6.07) is 44.4. The Bertz CT molecular complexity index is 1940. The number of nitrogens with one attached hydrogen (secondary N) is 1. The highest BCUT2D eigenvalue weighted by molar-refractivity contribution is 8.36. The first-order chi connectivity index (χ1) is 17.9. The highest BCUT2D eigenvalue weighted by atomic mass is 32.3. The topological polar surface area (TPSA) is 15.8 Å². The Morgan fingerprint density at radius 3 is 1.83 bits per heavy atom. The molecule has 8 rings (SSSR count). The van der Waals surface area contributed by atoms with Crippen molar-refractivity contribution in [2.45, 2.75) is 14.7 Å². The molecule has 1 aliphatic rings. The van der Waals surface area contributed by atoms with Gasteiger partial charge in [0.05, 0.1) is 5.52 Å². The Morgan fingerprint density at radius 1 is 0.500 bits per heavy atom. The van der Waals surface area contributed by atoms with E-state index >= 15 is 0 Å². The average Bonchev–Trinajstić information content (AvgIpc) is 3.55. The second-order valence-corrected chi connectivity index (χ2v) is 12.4. The number of rotatable bonds is 2. The second-order valence-electron chi connectivity index (χ2n) is 9.46. The van der Waals surface area contributed by atoms with Crippen molar-refractivity contribution in [1.29, 1.82) is 0 Å². The van der Waals surface area contributed by atoms with Gasteiger partial charge in [0.1, 0.15) is 0 Å². The molecular formula is C34H23NS. The lowest BCUT2D eigenvalue weighted by Crippen LogP contribution is -2.00. The molecule has 0 amide bonds. The molecule has 0 fully saturated rings. The molecule has 0 atom stereocenters. The van der Waals surface area contributed by atoms with Crippen molar-refractivity contribution in [3.05, 3.63) is 132 Å². The standard InChI is InChI=1S/C34H23NS/c1-3-12-24(13-4-1)36(25-14-5-2-6-15-25)22-21-29-32-31-26-16-8-7-11-23(26)19-20-30(31)35-33(32)27-17-9-10-18-28(27)34(29)36/h1-22,35H. The molecule has 1 aliphatic heterocycles. The molecule has 2 heterocycles. The van der Waals surface area contributed by atoms with Gasteiger partial charge in [0.15, 0.2) is 0 Å². The van der Waals surface area contributed by atoms with E-state index in [0.717, 1.165) is 0 Å². The van der Waals surface area contributed by atoms with Gasteiger partial charge in [-0.15, -0.1) is 10.0 Å². The summed E-state index contributed by atoms with van der Waals surface area (Å²) in [7, 11) is -1.59. The van der Waals surface area contributed by atoms with Gasteiger partial charge in [0, 0.05) is 36.4 Å². The van der Waals surface area contributed by atoms with Crippen molar-refractivity contribution >= 4 is 59.5 Å². The van der Waals surface area contributed by atoms with Crippen LogP contribution in [-0.4, -0.2) is 4.98 Å². The van der Waals surface area contributed by atoms with E-state index < -0.39 is 10.0 Å². The maximum atomic E-state index is 3.83. The number of benzene rings is 6. The predicted octanol–water partition coefficient (Wildman–Crippen LogP) is 9.89. The SMILES string of the molecule is C1=CS(c2ccccc2)(c2ccccc2)c2c1c1c([nH]c3ccc4ccccc4c31)c1ccccc21. The average molecular weight is 478 g/mol. The molecule has 0 spiro atoms.